The Labute approximate surface area is 196 Å². The normalized spacial score (nSPS) is 13.1. The number of methoxy groups -OCH3 is 1. The van der Waals surface area contributed by atoms with Crippen LogP contribution in [0.1, 0.15) is 17.0 Å². The van der Waals surface area contributed by atoms with Crippen molar-refractivity contribution in [1.82, 2.24) is 4.98 Å². The Kier molecular flexibility index (Phi) is 7.47. The first kappa shape index (κ1) is 22.4. The number of hydrogen-bond acceptors (Lipinski definition) is 3. The van der Waals surface area contributed by atoms with Crippen molar-refractivity contribution in [3.05, 3.63) is 94.6 Å². The molecule has 0 bridgehead atoms. The van der Waals surface area contributed by atoms with Gasteiger partial charge in [-0.2, -0.15) is 0 Å². The van der Waals surface area contributed by atoms with E-state index in [2.05, 4.69) is 62.8 Å². The number of ether oxygens (including phenoxy) is 2. The number of benzene rings is 3. The molecule has 0 aliphatic carbocycles. The molecule has 0 aliphatic heterocycles. The zero-order valence-electron chi connectivity index (χ0n) is 18.0. The number of nitrogens with one attached hydrogen (secondary N) is 1. The lowest BCUT2D eigenvalue weighted by Gasteiger charge is -2.18. The summed E-state index contributed by atoms with van der Waals surface area (Å²) in [6.45, 7) is 1.63. The average molecular weight is 496 g/mol. The van der Waals surface area contributed by atoms with Gasteiger partial charge in [0.15, 0.2) is 0 Å². The van der Waals surface area contributed by atoms with Gasteiger partial charge in [0, 0.05) is 21.6 Å². The number of hydrogen-bond donors (Lipinski definition) is 3. The molecule has 0 saturated heterocycles. The van der Waals surface area contributed by atoms with Crippen LogP contribution in [0.25, 0.3) is 10.9 Å². The number of aromatic nitrogens is 1. The maximum Gasteiger partial charge on any atom is 0.137 e. The van der Waals surface area contributed by atoms with Crippen LogP contribution in [0.15, 0.2) is 83.5 Å². The third-order valence-corrected chi connectivity index (χ3v) is 6.14. The van der Waals surface area contributed by atoms with Gasteiger partial charge >= 0.3 is 0 Å². The van der Waals surface area contributed by atoms with Crippen LogP contribution in [-0.2, 0) is 0 Å². The van der Waals surface area contributed by atoms with Crippen molar-refractivity contribution < 1.29 is 19.9 Å². The van der Waals surface area contributed by atoms with Crippen LogP contribution in [0.2, 0.25) is 0 Å². The van der Waals surface area contributed by atoms with Crippen LogP contribution in [-0.4, -0.2) is 43.0 Å². The Hall–Kier alpha value is -2.80. The fraction of sp³-hybridized carbons (Fsp3) is 0.231. The number of quaternary nitrogens is 1. The predicted molar refractivity (Wildman–Crippen MR) is 130 cm³/mol. The van der Waals surface area contributed by atoms with E-state index in [9.17, 15) is 5.11 Å². The lowest BCUT2D eigenvalue weighted by molar-refractivity contribution is -0.662. The van der Waals surface area contributed by atoms with E-state index in [1.807, 2.05) is 42.5 Å². The summed E-state index contributed by atoms with van der Waals surface area (Å²) in [4.78, 5) is 3.39. The minimum atomic E-state index is -0.557. The second-order valence-corrected chi connectivity index (χ2v) is 8.71. The number of para-hydroxylation sites is 1. The summed E-state index contributed by atoms with van der Waals surface area (Å²) in [5.74, 6) is 1.77. The van der Waals surface area contributed by atoms with Crippen molar-refractivity contribution in [2.75, 3.05) is 26.8 Å². The van der Waals surface area contributed by atoms with E-state index in [1.54, 1.807) is 7.11 Å². The SMILES string of the molecule is COc1ccc([C@@H](C[NH2+]C[C@H](O)COc2ccc(Br)cc2)c2c[nH]c3ccccc23)cc1. The monoisotopic (exact) mass is 495 g/mol. The molecule has 4 N–H and O–H groups in total. The molecule has 0 unspecified atom stereocenters. The van der Waals surface area contributed by atoms with E-state index >= 15 is 0 Å². The Balaban J connectivity index is 1.42. The van der Waals surface area contributed by atoms with Crippen molar-refractivity contribution in [3.63, 3.8) is 0 Å². The van der Waals surface area contributed by atoms with Gasteiger partial charge in [-0.1, -0.05) is 46.3 Å². The Morgan fingerprint density at radius 1 is 0.938 bits per heavy atom. The molecule has 3 aromatic carbocycles. The largest absolute Gasteiger partial charge is 0.497 e. The number of aliphatic hydroxyl groups excluding tert-OH is 1. The number of aliphatic hydroxyl groups is 1. The first-order valence-corrected chi connectivity index (χ1v) is 11.5. The molecule has 0 spiro atoms. The fourth-order valence-electron chi connectivity index (χ4n) is 3.91. The topological polar surface area (TPSA) is 71.1 Å². The molecular formula is C26H28BrN2O3+. The van der Waals surface area contributed by atoms with E-state index in [-0.39, 0.29) is 12.5 Å². The van der Waals surface area contributed by atoms with Crippen LogP contribution in [0.3, 0.4) is 0 Å². The summed E-state index contributed by atoms with van der Waals surface area (Å²) in [5, 5.41) is 13.8. The molecule has 1 aromatic heterocycles. The number of nitrogens with two attached hydrogens (primary N) is 1. The van der Waals surface area contributed by atoms with Gasteiger partial charge in [-0.3, -0.25) is 0 Å². The van der Waals surface area contributed by atoms with Gasteiger partial charge in [0.2, 0.25) is 0 Å². The first-order valence-electron chi connectivity index (χ1n) is 10.7. The smallest absolute Gasteiger partial charge is 0.137 e. The number of aromatic amines is 1. The maximum absolute atomic E-state index is 10.4. The fourth-order valence-corrected chi connectivity index (χ4v) is 4.17. The van der Waals surface area contributed by atoms with Crippen molar-refractivity contribution >= 4 is 26.8 Å². The number of halogens is 1. The van der Waals surface area contributed by atoms with Crippen LogP contribution in [0.4, 0.5) is 0 Å². The number of fused-ring (bicyclic) bond motifs is 1. The van der Waals surface area contributed by atoms with Gasteiger partial charge in [-0.25, -0.2) is 0 Å². The first-order chi connectivity index (χ1) is 15.6. The molecule has 166 valence electrons. The number of H-pyrrole nitrogens is 1. The summed E-state index contributed by atoms with van der Waals surface area (Å²) in [6.07, 6.45) is 1.54. The molecule has 0 fully saturated rings. The van der Waals surface area contributed by atoms with Crippen molar-refractivity contribution in [3.8, 4) is 11.5 Å². The lowest BCUT2D eigenvalue weighted by atomic mass is 9.90. The Morgan fingerprint density at radius 3 is 2.41 bits per heavy atom. The maximum atomic E-state index is 10.4. The van der Waals surface area contributed by atoms with Crippen LogP contribution in [0.5, 0.6) is 11.5 Å². The number of rotatable bonds is 10. The molecule has 0 amide bonds. The standard InChI is InChI=1S/C26H27BrN2O3/c1-31-21-10-6-18(7-11-21)24(25-16-29-26-5-3-2-4-23(25)26)15-28-14-20(30)17-32-22-12-8-19(27)9-13-22/h2-13,16,20,24,28-30H,14-15,17H2,1H3/p+1/t20-,24+/m0/s1. The van der Waals surface area contributed by atoms with Gasteiger partial charge in [-0.05, 0) is 53.6 Å². The zero-order valence-corrected chi connectivity index (χ0v) is 19.6. The molecule has 0 radical (unpaired) electrons. The van der Waals surface area contributed by atoms with Crippen molar-refractivity contribution in [2.24, 2.45) is 0 Å². The summed E-state index contributed by atoms with van der Waals surface area (Å²) < 4.78 is 12.0. The quantitative estimate of drug-likeness (QED) is 0.310. The summed E-state index contributed by atoms with van der Waals surface area (Å²) in [7, 11) is 1.68. The highest BCUT2D eigenvalue weighted by Gasteiger charge is 2.21. The third kappa shape index (κ3) is 5.51. The Morgan fingerprint density at radius 2 is 1.66 bits per heavy atom. The molecule has 1 heterocycles. The minimum Gasteiger partial charge on any atom is -0.497 e. The van der Waals surface area contributed by atoms with Gasteiger partial charge in [0.25, 0.3) is 0 Å². The molecule has 4 rings (SSSR count). The molecule has 0 saturated carbocycles. The predicted octanol–water partition coefficient (Wildman–Crippen LogP) is 4.07. The van der Waals surface area contributed by atoms with Gasteiger partial charge < -0.3 is 24.9 Å². The van der Waals surface area contributed by atoms with Gasteiger partial charge in [0.1, 0.15) is 30.8 Å². The highest BCUT2D eigenvalue weighted by molar-refractivity contribution is 9.10. The summed E-state index contributed by atoms with van der Waals surface area (Å²) in [6, 6.07) is 24.2. The summed E-state index contributed by atoms with van der Waals surface area (Å²) in [5.41, 5.74) is 3.60. The highest BCUT2D eigenvalue weighted by atomic mass is 79.9. The molecule has 0 aliphatic rings. The van der Waals surface area contributed by atoms with Gasteiger partial charge in [-0.15, -0.1) is 0 Å². The lowest BCUT2D eigenvalue weighted by Crippen LogP contribution is -2.87. The van der Waals surface area contributed by atoms with E-state index < -0.39 is 6.10 Å². The average Bonchev–Trinajstić information content (AvgIpc) is 3.25. The van der Waals surface area contributed by atoms with Crippen LogP contribution < -0.4 is 14.8 Å². The third-order valence-electron chi connectivity index (χ3n) is 5.61. The van der Waals surface area contributed by atoms with E-state index in [0.29, 0.717) is 6.54 Å². The van der Waals surface area contributed by atoms with Crippen molar-refractivity contribution in [2.45, 2.75) is 12.0 Å². The minimum absolute atomic E-state index is 0.177. The van der Waals surface area contributed by atoms with Crippen molar-refractivity contribution in [1.29, 1.82) is 0 Å². The summed E-state index contributed by atoms with van der Waals surface area (Å²) >= 11 is 3.41. The molecule has 6 heteroatoms. The zero-order chi connectivity index (χ0) is 22.3. The van der Waals surface area contributed by atoms with Gasteiger partial charge in [0.05, 0.1) is 19.6 Å². The van der Waals surface area contributed by atoms with E-state index in [1.165, 1.54) is 16.5 Å². The van der Waals surface area contributed by atoms with Crippen LogP contribution in [0, 0.1) is 0 Å². The van der Waals surface area contributed by atoms with Crippen LogP contribution >= 0.6 is 15.9 Å². The van der Waals surface area contributed by atoms with E-state index in [0.717, 1.165) is 28.0 Å². The molecule has 4 aromatic rings. The second kappa shape index (κ2) is 10.7. The second-order valence-electron chi connectivity index (χ2n) is 7.79. The van der Waals surface area contributed by atoms with E-state index in [4.69, 9.17) is 9.47 Å². The molecule has 32 heavy (non-hydrogen) atoms. The molecular weight excluding hydrogens is 468 g/mol. The molecule has 2 atom stereocenters. The highest BCUT2D eigenvalue weighted by Crippen LogP contribution is 2.30. The molecule has 5 nitrogen and oxygen atoms in total. The Bertz CT molecular complexity index is 1130.